The van der Waals surface area contributed by atoms with Gasteiger partial charge in [-0.3, -0.25) is 15.1 Å². The van der Waals surface area contributed by atoms with Crippen LogP contribution in [0.4, 0.5) is 5.13 Å². The Morgan fingerprint density at radius 2 is 2.09 bits per heavy atom. The van der Waals surface area contributed by atoms with E-state index in [1.54, 1.807) is 42.7 Å². The van der Waals surface area contributed by atoms with Gasteiger partial charge < -0.3 is 9.15 Å². The third-order valence-electron chi connectivity index (χ3n) is 5.52. The van der Waals surface area contributed by atoms with Gasteiger partial charge >= 0.3 is 0 Å². The molecule has 0 bridgehead atoms. The lowest BCUT2D eigenvalue weighted by Gasteiger charge is -2.08. The molecule has 1 aromatic carbocycles. The van der Waals surface area contributed by atoms with Crippen molar-refractivity contribution >= 4 is 43.6 Å². The average molecular weight is 483 g/mol. The number of nitrogens with one attached hydrogen (secondary N) is 1. The summed E-state index contributed by atoms with van der Waals surface area (Å²) >= 11 is 1.38. The van der Waals surface area contributed by atoms with Gasteiger partial charge in [-0.05, 0) is 42.5 Å². The van der Waals surface area contributed by atoms with Gasteiger partial charge in [0.15, 0.2) is 10.8 Å². The standard InChI is InChI=1S/C25H18N6O3S/c1-33-20-7-2-8-21-22(20)29-25(35-21)30-24(32)17-11-19(15-5-3-9-26-12-15)28-23-18(17)13-27-31(23)14-16-6-4-10-34-16/h2-13H,14H2,1H3,(H,29,30,32). The van der Waals surface area contributed by atoms with Crippen LogP contribution in [0.25, 0.3) is 32.5 Å². The number of benzene rings is 1. The zero-order chi connectivity index (χ0) is 23.8. The number of ether oxygens (including phenoxy) is 1. The second kappa shape index (κ2) is 8.65. The van der Waals surface area contributed by atoms with Gasteiger partial charge in [0.1, 0.15) is 23.6 Å². The first-order chi connectivity index (χ1) is 17.2. The summed E-state index contributed by atoms with van der Waals surface area (Å²) in [5.74, 6) is 1.08. The maximum Gasteiger partial charge on any atom is 0.258 e. The minimum absolute atomic E-state index is 0.307. The second-order valence-electron chi connectivity index (χ2n) is 7.70. The minimum Gasteiger partial charge on any atom is -0.494 e. The molecule has 6 rings (SSSR count). The Balaban J connectivity index is 1.43. The summed E-state index contributed by atoms with van der Waals surface area (Å²) in [5.41, 5.74) is 3.11. The van der Waals surface area contributed by atoms with Crippen LogP contribution in [-0.4, -0.2) is 37.7 Å². The lowest BCUT2D eigenvalue weighted by atomic mass is 10.1. The zero-order valence-corrected chi connectivity index (χ0v) is 19.3. The smallest absolute Gasteiger partial charge is 0.258 e. The van der Waals surface area contributed by atoms with Crippen LogP contribution in [0.1, 0.15) is 16.1 Å². The molecule has 0 saturated heterocycles. The van der Waals surface area contributed by atoms with E-state index < -0.39 is 0 Å². The predicted octanol–water partition coefficient (Wildman–Crippen LogP) is 5.01. The van der Waals surface area contributed by atoms with Crippen molar-refractivity contribution in [3.63, 3.8) is 0 Å². The summed E-state index contributed by atoms with van der Waals surface area (Å²) in [7, 11) is 1.60. The Morgan fingerprint density at radius 3 is 2.89 bits per heavy atom. The maximum atomic E-state index is 13.5. The number of carbonyl (C=O) groups is 1. The van der Waals surface area contributed by atoms with Crippen LogP contribution in [-0.2, 0) is 6.54 Å². The van der Waals surface area contributed by atoms with Crippen molar-refractivity contribution in [2.75, 3.05) is 12.4 Å². The number of para-hydroxylation sites is 1. The molecule has 172 valence electrons. The third-order valence-corrected chi connectivity index (χ3v) is 6.46. The first-order valence-electron chi connectivity index (χ1n) is 10.7. The fourth-order valence-electron chi connectivity index (χ4n) is 3.87. The number of pyridine rings is 2. The summed E-state index contributed by atoms with van der Waals surface area (Å²) in [5, 5.41) is 8.52. The fraction of sp³-hybridized carbons (Fsp3) is 0.0800. The first kappa shape index (κ1) is 21.0. The number of aromatic nitrogens is 5. The summed E-state index contributed by atoms with van der Waals surface area (Å²) in [4.78, 5) is 27.1. The van der Waals surface area contributed by atoms with Gasteiger partial charge in [-0.25, -0.2) is 14.6 Å². The molecule has 0 aliphatic rings. The van der Waals surface area contributed by atoms with Gasteiger partial charge in [0, 0.05) is 18.0 Å². The Labute approximate surface area is 203 Å². The molecular weight excluding hydrogens is 464 g/mol. The number of thiazole rings is 1. The number of carbonyl (C=O) groups excluding carboxylic acids is 1. The molecule has 0 aliphatic heterocycles. The number of amides is 1. The number of hydrogen-bond donors (Lipinski definition) is 1. The molecule has 0 fully saturated rings. The molecule has 0 radical (unpaired) electrons. The van der Waals surface area contributed by atoms with Crippen LogP contribution in [0.5, 0.6) is 5.75 Å². The molecule has 10 heteroatoms. The summed E-state index contributed by atoms with van der Waals surface area (Å²) in [6, 6.07) is 14.8. The van der Waals surface area contributed by atoms with Gasteiger partial charge in [-0.1, -0.05) is 17.4 Å². The lowest BCUT2D eigenvalue weighted by molar-refractivity contribution is 0.102. The van der Waals surface area contributed by atoms with Crippen molar-refractivity contribution in [2.24, 2.45) is 0 Å². The summed E-state index contributed by atoms with van der Waals surface area (Å²) in [6.45, 7) is 0.388. The molecule has 1 N–H and O–H groups in total. The zero-order valence-electron chi connectivity index (χ0n) is 18.5. The van der Waals surface area contributed by atoms with Gasteiger partial charge in [0.25, 0.3) is 5.91 Å². The molecular formula is C25H18N6O3S. The number of hydrogen-bond acceptors (Lipinski definition) is 8. The van der Waals surface area contributed by atoms with Gasteiger partial charge in [-0.2, -0.15) is 5.10 Å². The number of furan rings is 1. The van der Waals surface area contributed by atoms with Gasteiger partial charge in [-0.15, -0.1) is 0 Å². The van der Waals surface area contributed by atoms with Crippen molar-refractivity contribution in [1.82, 2.24) is 24.7 Å². The monoisotopic (exact) mass is 482 g/mol. The van der Waals surface area contributed by atoms with Crippen molar-refractivity contribution in [2.45, 2.75) is 6.54 Å². The fourth-order valence-corrected chi connectivity index (χ4v) is 4.75. The van der Waals surface area contributed by atoms with E-state index in [9.17, 15) is 4.79 Å². The van der Waals surface area contributed by atoms with E-state index in [4.69, 9.17) is 14.1 Å². The molecule has 5 aromatic heterocycles. The van der Waals surface area contributed by atoms with E-state index in [2.05, 4.69) is 20.4 Å². The molecule has 5 heterocycles. The van der Waals surface area contributed by atoms with Crippen LogP contribution in [0.3, 0.4) is 0 Å². The van der Waals surface area contributed by atoms with Crippen molar-refractivity contribution < 1.29 is 13.9 Å². The highest BCUT2D eigenvalue weighted by atomic mass is 32.1. The number of rotatable bonds is 6. The molecule has 35 heavy (non-hydrogen) atoms. The van der Waals surface area contributed by atoms with E-state index in [1.807, 2.05) is 42.5 Å². The van der Waals surface area contributed by atoms with E-state index in [0.717, 1.165) is 16.0 Å². The molecule has 0 unspecified atom stereocenters. The molecule has 0 spiro atoms. The highest BCUT2D eigenvalue weighted by Crippen LogP contribution is 2.33. The van der Waals surface area contributed by atoms with Crippen molar-refractivity contribution in [1.29, 1.82) is 0 Å². The Morgan fingerprint density at radius 1 is 1.14 bits per heavy atom. The summed E-state index contributed by atoms with van der Waals surface area (Å²) in [6.07, 6.45) is 6.66. The average Bonchev–Trinajstić information content (AvgIpc) is 3.64. The van der Waals surface area contributed by atoms with Crippen LogP contribution in [0, 0.1) is 0 Å². The first-order valence-corrected chi connectivity index (χ1v) is 11.6. The van der Waals surface area contributed by atoms with E-state index in [0.29, 0.717) is 45.2 Å². The van der Waals surface area contributed by atoms with Crippen molar-refractivity contribution in [3.05, 3.63) is 84.7 Å². The lowest BCUT2D eigenvalue weighted by Crippen LogP contribution is -2.13. The molecule has 0 saturated carbocycles. The third kappa shape index (κ3) is 3.89. The number of nitrogens with zero attached hydrogens (tertiary/aromatic N) is 5. The maximum absolute atomic E-state index is 13.5. The van der Waals surface area contributed by atoms with Crippen molar-refractivity contribution in [3.8, 4) is 17.0 Å². The Kier molecular flexibility index (Phi) is 5.19. The Hall–Kier alpha value is -4.57. The topological polar surface area (TPSA) is 108 Å². The van der Waals surface area contributed by atoms with Gasteiger partial charge in [0.05, 0.1) is 40.9 Å². The largest absolute Gasteiger partial charge is 0.494 e. The van der Waals surface area contributed by atoms with Crippen LogP contribution >= 0.6 is 11.3 Å². The number of anilines is 1. The summed E-state index contributed by atoms with van der Waals surface area (Å²) < 4.78 is 13.5. The number of fused-ring (bicyclic) bond motifs is 2. The quantitative estimate of drug-likeness (QED) is 0.356. The highest BCUT2D eigenvalue weighted by molar-refractivity contribution is 7.22. The number of methoxy groups -OCH3 is 1. The Bertz CT molecular complexity index is 1660. The van der Waals surface area contributed by atoms with Gasteiger partial charge in [0.2, 0.25) is 0 Å². The van der Waals surface area contributed by atoms with Crippen LogP contribution in [0.15, 0.2) is 77.8 Å². The molecule has 1 amide bonds. The van der Waals surface area contributed by atoms with E-state index >= 15 is 0 Å². The normalized spacial score (nSPS) is 11.2. The molecule has 9 nitrogen and oxygen atoms in total. The predicted molar refractivity (Wildman–Crippen MR) is 133 cm³/mol. The van der Waals surface area contributed by atoms with Crippen LogP contribution in [0.2, 0.25) is 0 Å². The SMILES string of the molecule is COc1cccc2sc(NC(=O)c3cc(-c4cccnc4)nc4c3cnn4Cc3ccco3)nc12. The highest BCUT2D eigenvalue weighted by Gasteiger charge is 2.20. The van der Waals surface area contributed by atoms with Crippen LogP contribution < -0.4 is 10.1 Å². The van der Waals surface area contributed by atoms with E-state index in [-0.39, 0.29) is 5.91 Å². The second-order valence-corrected chi connectivity index (χ2v) is 8.73. The molecule has 0 atom stereocenters. The minimum atomic E-state index is -0.307. The molecule has 0 aliphatic carbocycles. The van der Waals surface area contributed by atoms with E-state index in [1.165, 1.54) is 11.3 Å². The molecule has 6 aromatic rings.